The first-order chi connectivity index (χ1) is 8.29. The van der Waals surface area contributed by atoms with Crippen LogP contribution in [0.4, 0.5) is 0 Å². The van der Waals surface area contributed by atoms with Crippen molar-refractivity contribution in [2.75, 3.05) is 6.61 Å². The summed E-state index contributed by atoms with van der Waals surface area (Å²) in [6, 6.07) is -3.19. The van der Waals surface area contributed by atoms with Crippen LogP contribution in [-0.2, 0) is 23.9 Å². The molecule has 0 saturated carbocycles. The van der Waals surface area contributed by atoms with E-state index in [1.54, 1.807) is 0 Å². The number of ether oxygens (including phenoxy) is 1. The minimum atomic E-state index is -1.65. The van der Waals surface area contributed by atoms with E-state index in [0.29, 0.717) is 0 Å². The highest BCUT2D eigenvalue weighted by Crippen LogP contribution is 1.94. The molecule has 0 fully saturated rings. The van der Waals surface area contributed by atoms with Gasteiger partial charge in [-0.05, 0) is 6.92 Å². The molecule has 0 rings (SSSR count). The van der Waals surface area contributed by atoms with E-state index in [9.17, 15) is 19.2 Å². The number of hydrogen-bond acceptors (Lipinski definition) is 6. The Morgan fingerprint density at radius 3 is 2.28 bits per heavy atom. The van der Waals surface area contributed by atoms with Crippen molar-refractivity contribution in [1.29, 1.82) is 0 Å². The van der Waals surface area contributed by atoms with Gasteiger partial charge in [0.2, 0.25) is 11.8 Å². The highest BCUT2D eigenvalue weighted by molar-refractivity contribution is 6.03. The van der Waals surface area contributed by atoms with Crippen LogP contribution in [0.5, 0.6) is 0 Å². The van der Waals surface area contributed by atoms with Gasteiger partial charge in [-0.15, -0.1) is 0 Å². The van der Waals surface area contributed by atoms with E-state index in [-0.39, 0.29) is 6.61 Å². The van der Waals surface area contributed by atoms with Gasteiger partial charge in [0.15, 0.2) is 6.04 Å². The zero-order valence-corrected chi connectivity index (χ0v) is 9.71. The van der Waals surface area contributed by atoms with Crippen LogP contribution in [0.2, 0.25) is 0 Å². The number of carboxylic acid groups (broad SMARTS) is 1. The molecule has 1 unspecified atom stereocenters. The van der Waals surface area contributed by atoms with Crippen LogP contribution in [-0.4, -0.2) is 47.6 Å². The first-order valence-electron chi connectivity index (χ1n) is 5.03. The molecule has 6 N–H and O–H groups in total. The first kappa shape index (κ1) is 15.8. The molecule has 0 spiro atoms. The lowest BCUT2D eigenvalue weighted by atomic mass is 10.2. The van der Waals surface area contributed by atoms with E-state index in [0.717, 1.165) is 0 Å². The fourth-order valence-corrected chi connectivity index (χ4v) is 1.00. The standard InChI is InChI=1S/C9H15N3O6/c1-2-18-9(17)6(11)7(14)12-4(8(15)16)3-5(10)13/h4,6H,2-3,11H2,1H3,(H2,10,13)(H,12,14)(H,15,16)/t4-,6?/m0/s1. The maximum atomic E-state index is 11.4. The number of carbonyl (C=O) groups is 4. The van der Waals surface area contributed by atoms with Gasteiger partial charge in [0.1, 0.15) is 6.04 Å². The molecule has 2 amide bonds. The summed E-state index contributed by atoms with van der Waals surface area (Å²) in [7, 11) is 0. The van der Waals surface area contributed by atoms with E-state index in [1.807, 2.05) is 5.32 Å². The van der Waals surface area contributed by atoms with Crippen LogP contribution in [0.15, 0.2) is 0 Å². The molecule has 0 aromatic rings. The third-order valence-electron chi connectivity index (χ3n) is 1.84. The summed E-state index contributed by atoms with van der Waals surface area (Å²) in [4.78, 5) is 43.8. The van der Waals surface area contributed by atoms with Crippen LogP contribution >= 0.6 is 0 Å². The maximum Gasteiger partial charge on any atom is 0.332 e. The number of esters is 1. The number of nitrogens with two attached hydrogens (primary N) is 2. The summed E-state index contributed by atoms with van der Waals surface area (Å²) in [5, 5.41) is 10.6. The van der Waals surface area contributed by atoms with Gasteiger partial charge < -0.3 is 26.6 Å². The van der Waals surface area contributed by atoms with Crippen LogP contribution in [0, 0.1) is 0 Å². The lowest BCUT2D eigenvalue weighted by Gasteiger charge is -2.15. The number of aliphatic carboxylic acids is 1. The van der Waals surface area contributed by atoms with Crippen molar-refractivity contribution in [2.24, 2.45) is 11.5 Å². The van der Waals surface area contributed by atoms with E-state index in [1.165, 1.54) is 6.92 Å². The number of rotatable bonds is 7. The zero-order valence-electron chi connectivity index (χ0n) is 9.71. The van der Waals surface area contributed by atoms with Crippen molar-refractivity contribution in [1.82, 2.24) is 5.32 Å². The first-order valence-corrected chi connectivity index (χ1v) is 5.03. The SMILES string of the molecule is CCOC(=O)C(N)C(=O)N[C@@H](CC(N)=O)C(=O)O. The predicted molar refractivity (Wildman–Crippen MR) is 58.0 cm³/mol. The predicted octanol–water partition coefficient (Wildman–Crippen LogP) is -2.68. The smallest absolute Gasteiger partial charge is 0.332 e. The summed E-state index contributed by atoms with van der Waals surface area (Å²) >= 11 is 0. The average Bonchev–Trinajstić information content (AvgIpc) is 2.26. The largest absolute Gasteiger partial charge is 0.480 e. The molecule has 102 valence electrons. The van der Waals surface area contributed by atoms with Gasteiger partial charge in [-0.1, -0.05) is 0 Å². The molecule has 0 bridgehead atoms. The quantitative estimate of drug-likeness (QED) is 0.286. The Balaban J connectivity index is 4.54. The van der Waals surface area contributed by atoms with Gasteiger partial charge in [0.25, 0.3) is 0 Å². The van der Waals surface area contributed by atoms with E-state index >= 15 is 0 Å². The molecule has 0 aliphatic carbocycles. The van der Waals surface area contributed by atoms with Gasteiger partial charge in [-0.2, -0.15) is 0 Å². The van der Waals surface area contributed by atoms with E-state index in [2.05, 4.69) is 4.74 Å². The topological polar surface area (TPSA) is 162 Å². The average molecular weight is 261 g/mol. The Bertz CT molecular complexity index is 356. The van der Waals surface area contributed by atoms with Crippen molar-refractivity contribution >= 4 is 23.8 Å². The second-order valence-electron chi connectivity index (χ2n) is 3.30. The third kappa shape index (κ3) is 5.25. The fraction of sp³-hybridized carbons (Fsp3) is 0.556. The van der Waals surface area contributed by atoms with Crippen LogP contribution in [0.1, 0.15) is 13.3 Å². The number of hydrogen-bond donors (Lipinski definition) is 4. The van der Waals surface area contributed by atoms with Gasteiger partial charge in [0.05, 0.1) is 13.0 Å². The lowest BCUT2D eigenvalue weighted by molar-refractivity contribution is -0.150. The Kier molecular flexibility index (Phi) is 6.35. The Labute approximate surface area is 102 Å². The molecule has 0 aromatic carbocycles. The normalized spacial score (nSPS) is 13.2. The highest BCUT2D eigenvalue weighted by atomic mass is 16.5. The number of primary amides is 1. The second-order valence-corrected chi connectivity index (χ2v) is 3.30. The van der Waals surface area contributed by atoms with Gasteiger partial charge >= 0.3 is 11.9 Å². The number of amides is 2. The van der Waals surface area contributed by atoms with Crippen LogP contribution in [0.3, 0.4) is 0 Å². The number of carbonyl (C=O) groups excluding carboxylic acids is 3. The van der Waals surface area contributed by atoms with Crippen LogP contribution < -0.4 is 16.8 Å². The highest BCUT2D eigenvalue weighted by Gasteiger charge is 2.29. The summed E-state index contributed by atoms with van der Waals surface area (Å²) < 4.78 is 4.48. The molecule has 9 nitrogen and oxygen atoms in total. The Hall–Kier alpha value is -2.16. The lowest BCUT2D eigenvalue weighted by Crippen LogP contribution is -2.52. The second kappa shape index (κ2) is 7.22. The molecule has 2 atom stereocenters. The molecule has 0 radical (unpaired) electrons. The molecule has 0 heterocycles. The molecular weight excluding hydrogens is 246 g/mol. The third-order valence-corrected chi connectivity index (χ3v) is 1.84. The Morgan fingerprint density at radius 2 is 1.89 bits per heavy atom. The van der Waals surface area contributed by atoms with Crippen molar-refractivity contribution in [2.45, 2.75) is 25.4 Å². The Morgan fingerprint density at radius 1 is 1.33 bits per heavy atom. The van der Waals surface area contributed by atoms with E-state index < -0.39 is 42.3 Å². The molecule has 0 saturated heterocycles. The molecular formula is C9H15N3O6. The summed E-state index contributed by atoms with van der Waals surface area (Å²) in [5.74, 6) is -4.41. The van der Waals surface area contributed by atoms with Gasteiger partial charge in [-0.25, -0.2) is 9.59 Å². The van der Waals surface area contributed by atoms with Crippen molar-refractivity contribution in [3.8, 4) is 0 Å². The minimum absolute atomic E-state index is 0.0312. The molecule has 18 heavy (non-hydrogen) atoms. The number of nitrogens with one attached hydrogen (secondary N) is 1. The van der Waals surface area contributed by atoms with Crippen molar-refractivity contribution < 1.29 is 29.0 Å². The monoisotopic (exact) mass is 261 g/mol. The molecule has 9 heteroatoms. The van der Waals surface area contributed by atoms with Crippen molar-refractivity contribution in [3.63, 3.8) is 0 Å². The van der Waals surface area contributed by atoms with Gasteiger partial charge in [0, 0.05) is 0 Å². The zero-order chi connectivity index (χ0) is 14.3. The number of carboxylic acids is 1. The molecule has 0 aliphatic heterocycles. The van der Waals surface area contributed by atoms with E-state index in [4.69, 9.17) is 16.6 Å². The molecule has 0 aliphatic rings. The fourth-order valence-electron chi connectivity index (χ4n) is 1.00. The van der Waals surface area contributed by atoms with Crippen molar-refractivity contribution in [3.05, 3.63) is 0 Å². The molecule has 0 aromatic heterocycles. The van der Waals surface area contributed by atoms with Crippen LogP contribution in [0.25, 0.3) is 0 Å². The van der Waals surface area contributed by atoms with Gasteiger partial charge in [-0.3, -0.25) is 9.59 Å². The maximum absolute atomic E-state index is 11.4. The summed E-state index contributed by atoms with van der Waals surface area (Å²) in [6.07, 6.45) is -0.601. The summed E-state index contributed by atoms with van der Waals surface area (Å²) in [5.41, 5.74) is 10.0. The minimum Gasteiger partial charge on any atom is -0.480 e. The summed E-state index contributed by atoms with van der Waals surface area (Å²) in [6.45, 7) is 1.55.